The third-order valence-electron chi connectivity index (χ3n) is 2.16. The van der Waals surface area contributed by atoms with Gasteiger partial charge in [0.15, 0.2) is 8.32 Å². The fourth-order valence-corrected chi connectivity index (χ4v) is 5.35. The standard InChI is InChI=1S/C12H23O5PSi/c1-6-15-18(13,16-7-2)12(17-19(3,4)5)11-9-8-10-14-11/h8-10,12H,6-7H2,1-5H3. The highest BCUT2D eigenvalue weighted by molar-refractivity contribution is 7.54. The van der Waals surface area contributed by atoms with E-state index in [1.165, 1.54) is 6.26 Å². The van der Waals surface area contributed by atoms with E-state index < -0.39 is 21.8 Å². The lowest BCUT2D eigenvalue weighted by atomic mass is 10.5. The summed E-state index contributed by atoms with van der Waals surface area (Å²) in [6, 6.07) is 3.47. The van der Waals surface area contributed by atoms with Crippen LogP contribution in [0.4, 0.5) is 0 Å². The molecule has 1 heterocycles. The van der Waals surface area contributed by atoms with Gasteiger partial charge >= 0.3 is 7.60 Å². The van der Waals surface area contributed by atoms with Crippen molar-refractivity contribution in [2.24, 2.45) is 0 Å². The van der Waals surface area contributed by atoms with Crippen LogP contribution in [-0.2, 0) is 18.0 Å². The highest BCUT2D eigenvalue weighted by atomic mass is 31.2. The fourth-order valence-electron chi connectivity index (χ4n) is 1.58. The molecular formula is C12H23O5PSi. The van der Waals surface area contributed by atoms with Crippen LogP contribution in [0.15, 0.2) is 22.8 Å². The van der Waals surface area contributed by atoms with E-state index in [9.17, 15) is 4.57 Å². The summed E-state index contributed by atoms with van der Waals surface area (Å²) in [5.74, 6) is -0.318. The maximum absolute atomic E-state index is 12.9. The Morgan fingerprint density at radius 2 is 1.84 bits per heavy atom. The van der Waals surface area contributed by atoms with Crippen LogP contribution in [0.1, 0.15) is 25.5 Å². The molecular weight excluding hydrogens is 283 g/mol. The van der Waals surface area contributed by atoms with Gasteiger partial charge in [-0.3, -0.25) is 4.57 Å². The van der Waals surface area contributed by atoms with Gasteiger partial charge in [-0.05, 0) is 45.6 Å². The molecule has 0 bridgehead atoms. The van der Waals surface area contributed by atoms with Crippen molar-refractivity contribution < 1.29 is 22.5 Å². The maximum Gasteiger partial charge on any atom is 0.365 e. The summed E-state index contributed by atoms with van der Waals surface area (Å²) >= 11 is 0. The van der Waals surface area contributed by atoms with Crippen LogP contribution in [0, 0.1) is 0 Å². The van der Waals surface area contributed by atoms with Crippen LogP contribution < -0.4 is 0 Å². The van der Waals surface area contributed by atoms with Gasteiger partial charge in [0.25, 0.3) is 0 Å². The molecule has 0 fully saturated rings. The maximum atomic E-state index is 12.9. The second-order valence-corrected chi connectivity index (χ2v) is 11.5. The molecule has 110 valence electrons. The lowest BCUT2D eigenvalue weighted by Gasteiger charge is -2.30. The Hall–Kier alpha value is -0.393. The van der Waals surface area contributed by atoms with Crippen LogP contribution in [0.3, 0.4) is 0 Å². The fraction of sp³-hybridized carbons (Fsp3) is 0.667. The number of hydrogen-bond donors (Lipinski definition) is 0. The zero-order valence-corrected chi connectivity index (χ0v) is 14.1. The molecule has 1 atom stereocenters. The first-order valence-corrected chi connectivity index (χ1v) is 11.4. The number of hydrogen-bond acceptors (Lipinski definition) is 5. The SMILES string of the molecule is CCOP(=O)(OCC)C(O[Si](C)(C)C)c1ccco1. The van der Waals surface area contributed by atoms with Crippen LogP contribution in [0.25, 0.3) is 0 Å². The van der Waals surface area contributed by atoms with E-state index in [4.69, 9.17) is 17.9 Å². The molecule has 0 amide bonds. The Labute approximate surface area is 115 Å². The monoisotopic (exact) mass is 306 g/mol. The lowest BCUT2D eigenvalue weighted by molar-refractivity contribution is 0.146. The molecule has 0 radical (unpaired) electrons. The van der Waals surface area contributed by atoms with Gasteiger partial charge in [0.1, 0.15) is 5.76 Å². The normalized spacial score (nSPS) is 14.6. The second kappa shape index (κ2) is 6.86. The quantitative estimate of drug-likeness (QED) is 0.526. The van der Waals surface area contributed by atoms with E-state index in [0.717, 1.165) is 0 Å². The average Bonchev–Trinajstić information content (AvgIpc) is 2.78. The highest BCUT2D eigenvalue weighted by Gasteiger charge is 2.42. The first-order chi connectivity index (χ1) is 8.82. The minimum Gasteiger partial charge on any atom is -0.466 e. The van der Waals surface area contributed by atoms with Gasteiger partial charge < -0.3 is 17.9 Å². The number of rotatable bonds is 8. The van der Waals surface area contributed by atoms with E-state index in [1.54, 1.807) is 26.0 Å². The molecule has 1 rings (SSSR count). The van der Waals surface area contributed by atoms with Crippen molar-refractivity contribution in [1.82, 2.24) is 0 Å². The van der Waals surface area contributed by atoms with Crippen LogP contribution >= 0.6 is 7.60 Å². The van der Waals surface area contributed by atoms with Gasteiger partial charge in [0.05, 0.1) is 19.5 Å². The minimum absolute atomic E-state index is 0.295. The van der Waals surface area contributed by atoms with E-state index in [1.807, 2.05) is 19.6 Å². The van der Waals surface area contributed by atoms with E-state index in [-0.39, 0.29) is 0 Å². The van der Waals surface area contributed by atoms with Crippen molar-refractivity contribution in [1.29, 1.82) is 0 Å². The topological polar surface area (TPSA) is 57.9 Å². The minimum atomic E-state index is -3.40. The van der Waals surface area contributed by atoms with Crippen LogP contribution in [0.5, 0.6) is 0 Å². The predicted molar refractivity (Wildman–Crippen MR) is 76.7 cm³/mol. The third-order valence-corrected chi connectivity index (χ3v) is 5.47. The Bertz CT molecular complexity index is 402. The highest BCUT2D eigenvalue weighted by Crippen LogP contribution is 2.62. The summed E-state index contributed by atoms with van der Waals surface area (Å²) in [6.07, 6.45) is 1.53. The summed E-state index contributed by atoms with van der Waals surface area (Å²) in [5, 5.41) is 0. The van der Waals surface area contributed by atoms with Crippen molar-refractivity contribution >= 4 is 15.9 Å². The molecule has 0 aliphatic rings. The Balaban J connectivity index is 3.10. The summed E-state index contributed by atoms with van der Waals surface area (Å²) < 4.78 is 35.0. The molecule has 5 nitrogen and oxygen atoms in total. The summed E-state index contributed by atoms with van der Waals surface area (Å²) in [5.41, 5.74) is 0. The molecule has 0 spiro atoms. The molecule has 1 aromatic rings. The van der Waals surface area contributed by atoms with Crippen molar-refractivity contribution in [3.05, 3.63) is 24.2 Å². The molecule has 0 N–H and O–H groups in total. The molecule has 0 aliphatic heterocycles. The Morgan fingerprint density at radius 1 is 1.26 bits per heavy atom. The summed E-state index contributed by atoms with van der Waals surface area (Å²) in [6.45, 7) is 10.2. The lowest BCUT2D eigenvalue weighted by Crippen LogP contribution is -2.28. The van der Waals surface area contributed by atoms with Crippen molar-refractivity contribution in [3.8, 4) is 0 Å². The molecule has 1 aromatic heterocycles. The molecule has 7 heteroatoms. The van der Waals surface area contributed by atoms with E-state index in [0.29, 0.717) is 19.0 Å². The van der Waals surface area contributed by atoms with E-state index in [2.05, 4.69) is 0 Å². The van der Waals surface area contributed by atoms with Gasteiger partial charge in [0, 0.05) is 0 Å². The Kier molecular flexibility index (Phi) is 6.01. The third kappa shape index (κ3) is 4.89. The molecule has 0 saturated carbocycles. The predicted octanol–water partition coefficient (Wildman–Crippen LogP) is 4.40. The summed E-state index contributed by atoms with van der Waals surface area (Å²) in [7, 11) is -5.33. The van der Waals surface area contributed by atoms with E-state index >= 15 is 0 Å². The van der Waals surface area contributed by atoms with Crippen molar-refractivity contribution in [2.75, 3.05) is 13.2 Å². The van der Waals surface area contributed by atoms with Gasteiger partial charge in [0.2, 0.25) is 5.85 Å². The molecule has 0 saturated heterocycles. The zero-order valence-electron chi connectivity index (χ0n) is 12.2. The van der Waals surface area contributed by atoms with Gasteiger partial charge in [-0.25, -0.2) is 0 Å². The largest absolute Gasteiger partial charge is 0.466 e. The second-order valence-electron chi connectivity index (χ2n) is 4.97. The zero-order chi connectivity index (χ0) is 14.5. The molecule has 1 unspecified atom stereocenters. The molecule has 0 aliphatic carbocycles. The first-order valence-electron chi connectivity index (χ1n) is 6.42. The smallest absolute Gasteiger partial charge is 0.365 e. The van der Waals surface area contributed by atoms with Crippen molar-refractivity contribution in [3.63, 3.8) is 0 Å². The molecule has 0 aromatic carbocycles. The first kappa shape index (κ1) is 16.7. The Morgan fingerprint density at radius 3 is 2.21 bits per heavy atom. The molecule has 19 heavy (non-hydrogen) atoms. The number of furan rings is 1. The van der Waals surface area contributed by atoms with Crippen molar-refractivity contribution in [2.45, 2.75) is 39.3 Å². The summed E-state index contributed by atoms with van der Waals surface area (Å²) in [4.78, 5) is 0. The average molecular weight is 306 g/mol. The van der Waals surface area contributed by atoms with Gasteiger partial charge in [-0.15, -0.1) is 0 Å². The van der Waals surface area contributed by atoms with Gasteiger partial charge in [-0.1, -0.05) is 0 Å². The van der Waals surface area contributed by atoms with Gasteiger partial charge in [-0.2, -0.15) is 0 Å². The van der Waals surface area contributed by atoms with Crippen LogP contribution in [0.2, 0.25) is 19.6 Å². The van der Waals surface area contributed by atoms with Crippen LogP contribution in [-0.4, -0.2) is 21.5 Å².